The molecule has 2 aromatic carbocycles. The van der Waals surface area contributed by atoms with Gasteiger partial charge in [0.25, 0.3) is 11.2 Å². The van der Waals surface area contributed by atoms with Gasteiger partial charge in [-0.05, 0) is 55.8 Å². The van der Waals surface area contributed by atoms with Crippen LogP contribution in [-0.2, 0) is 9.53 Å². The van der Waals surface area contributed by atoms with Crippen molar-refractivity contribution < 1.29 is 23.9 Å². The molecule has 0 bridgehead atoms. The standard InChI is InChI=1S/C29H27N5O7/c1-5-41-28(36)25-16(2)30-29-32-23(27(35)33(29)26(25)17-6-10-20(39-3)11-7-17)14-18-8-12-22(31-18)21-15-19(34(37)38)9-13-24(21)40-4/h6-15,26,31H,5H2,1-4H3,(H,30,32)/b23-14-. The summed E-state index contributed by atoms with van der Waals surface area (Å²) in [5.74, 6) is 0.526. The number of ether oxygens (including phenoxy) is 3. The highest BCUT2D eigenvalue weighted by molar-refractivity contribution is 5.91. The Balaban J connectivity index is 1.62. The number of hydrogen-bond donors (Lipinski definition) is 2. The summed E-state index contributed by atoms with van der Waals surface area (Å²) in [6, 6.07) is 14.1. The second-order valence-corrected chi connectivity index (χ2v) is 9.16. The van der Waals surface area contributed by atoms with Gasteiger partial charge in [0.15, 0.2) is 0 Å². The van der Waals surface area contributed by atoms with Crippen LogP contribution in [-0.4, -0.2) is 46.3 Å². The van der Waals surface area contributed by atoms with Gasteiger partial charge in [0.2, 0.25) is 5.62 Å². The Labute approximate surface area is 233 Å². The zero-order valence-electron chi connectivity index (χ0n) is 22.8. The maximum atomic E-state index is 13.8. The second kappa shape index (κ2) is 11.0. The summed E-state index contributed by atoms with van der Waals surface area (Å²) in [4.78, 5) is 48.4. The maximum absolute atomic E-state index is 13.8. The number of methoxy groups -OCH3 is 2. The minimum atomic E-state index is -0.785. The third kappa shape index (κ3) is 5.02. The molecule has 41 heavy (non-hydrogen) atoms. The van der Waals surface area contributed by atoms with E-state index in [0.717, 1.165) is 0 Å². The third-order valence-electron chi connectivity index (χ3n) is 6.74. The molecular formula is C29H27N5O7. The van der Waals surface area contributed by atoms with Gasteiger partial charge >= 0.3 is 5.97 Å². The van der Waals surface area contributed by atoms with Crippen LogP contribution in [0.5, 0.6) is 11.5 Å². The lowest BCUT2D eigenvalue weighted by Gasteiger charge is -2.24. The van der Waals surface area contributed by atoms with Gasteiger partial charge < -0.3 is 24.2 Å². The smallest absolute Gasteiger partial charge is 0.338 e. The average molecular weight is 558 g/mol. The van der Waals surface area contributed by atoms with Crippen LogP contribution >= 0.6 is 0 Å². The van der Waals surface area contributed by atoms with Crippen molar-refractivity contribution in [2.24, 2.45) is 4.99 Å². The number of nitro groups is 1. The quantitative estimate of drug-likeness (QED) is 0.192. The molecule has 12 nitrogen and oxygen atoms in total. The van der Waals surface area contributed by atoms with Crippen LogP contribution < -0.4 is 26.0 Å². The predicted octanol–water partition coefficient (Wildman–Crippen LogP) is 2.99. The van der Waals surface area contributed by atoms with Gasteiger partial charge in [0.1, 0.15) is 16.8 Å². The number of aromatic amines is 2. The van der Waals surface area contributed by atoms with Gasteiger partial charge in [0.05, 0.1) is 43.1 Å². The molecule has 0 amide bonds. The number of nitro benzene ring substituents is 1. The van der Waals surface area contributed by atoms with E-state index in [9.17, 15) is 19.7 Å². The number of nitrogens with zero attached hydrogens (tertiary/aromatic N) is 3. The fraction of sp³-hybridized carbons (Fsp3) is 0.207. The monoisotopic (exact) mass is 557 g/mol. The van der Waals surface area contributed by atoms with E-state index in [1.165, 1.54) is 29.9 Å². The van der Waals surface area contributed by atoms with Crippen LogP contribution in [0.15, 0.2) is 75.7 Å². The molecule has 1 aliphatic heterocycles. The zero-order chi connectivity index (χ0) is 29.3. The van der Waals surface area contributed by atoms with E-state index >= 15 is 0 Å². The fourth-order valence-electron chi connectivity index (χ4n) is 4.82. The van der Waals surface area contributed by atoms with Crippen molar-refractivity contribution in [2.75, 3.05) is 20.8 Å². The number of carbonyl (C=O) groups excluding carboxylic acids is 1. The first kappa shape index (κ1) is 27.2. The first-order valence-electron chi connectivity index (χ1n) is 12.7. The van der Waals surface area contributed by atoms with Crippen molar-refractivity contribution >= 4 is 17.7 Å². The van der Waals surface area contributed by atoms with Crippen molar-refractivity contribution in [2.45, 2.75) is 19.9 Å². The topological polar surface area (TPSA) is 154 Å². The number of aromatic nitrogens is 3. The van der Waals surface area contributed by atoms with Gasteiger partial charge in [-0.2, -0.15) is 0 Å². The first-order chi connectivity index (χ1) is 19.7. The van der Waals surface area contributed by atoms with E-state index in [2.05, 4.69) is 15.0 Å². The van der Waals surface area contributed by atoms with Gasteiger partial charge in [-0.25, -0.2) is 9.79 Å². The number of fused-ring (bicyclic) bond motifs is 1. The molecule has 0 saturated heterocycles. The van der Waals surface area contributed by atoms with Crippen molar-refractivity contribution in [3.05, 3.63) is 109 Å². The number of H-pyrrole nitrogens is 2. The molecule has 1 unspecified atom stereocenters. The normalized spacial score (nSPS) is 14.8. The van der Waals surface area contributed by atoms with Crippen LogP contribution in [0, 0.1) is 10.1 Å². The number of allylic oxidation sites excluding steroid dienone is 1. The highest BCUT2D eigenvalue weighted by Gasteiger charge is 2.33. The molecule has 2 N–H and O–H groups in total. The summed E-state index contributed by atoms with van der Waals surface area (Å²) >= 11 is 0. The van der Waals surface area contributed by atoms with E-state index in [0.29, 0.717) is 39.7 Å². The number of hydrogen-bond acceptors (Lipinski definition) is 8. The molecule has 0 aliphatic carbocycles. The SMILES string of the molecule is CCOC(=O)C1=C(C)N=c2[nH]/c(=C\c3ccc(-c4cc([N+](=O)[O-])ccc4OC)[nH]3)c(=O)n2C1c1ccc(OC)cc1. The molecule has 5 rings (SSSR count). The highest BCUT2D eigenvalue weighted by Crippen LogP contribution is 2.33. The number of rotatable bonds is 8. The lowest BCUT2D eigenvalue weighted by atomic mass is 9.96. The summed E-state index contributed by atoms with van der Waals surface area (Å²) in [5.41, 5.74) is 2.78. The number of imidazole rings is 1. The number of nitrogens with one attached hydrogen (secondary N) is 2. The Kier molecular flexibility index (Phi) is 7.30. The molecule has 1 aliphatic rings. The number of carbonyl (C=O) groups is 1. The molecule has 0 saturated carbocycles. The minimum absolute atomic E-state index is 0.0809. The van der Waals surface area contributed by atoms with Gasteiger partial charge in [-0.15, -0.1) is 0 Å². The van der Waals surface area contributed by atoms with Crippen molar-refractivity contribution in [3.63, 3.8) is 0 Å². The summed E-state index contributed by atoms with van der Waals surface area (Å²) in [7, 11) is 3.04. The first-order valence-corrected chi connectivity index (χ1v) is 12.7. The molecule has 2 aromatic heterocycles. The van der Waals surface area contributed by atoms with Crippen molar-refractivity contribution in [1.82, 2.24) is 14.5 Å². The van der Waals surface area contributed by atoms with Crippen LogP contribution in [0.1, 0.15) is 31.1 Å². The highest BCUT2D eigenvalue weighted by atomic mass is 16.6. The molecule has 210 valence electrons. The molecule has 1 atom stereocenters. The van der Waals surface area contributed by atoms with Crippen molar-refractivity contribution in [3.8, 4) is 22.8 Å². The van der Waals surface area contributed by atoms with E-state index in [1.807, 2.05) is 0 Å². The molecule has 0 spiro atoms. The Morgan fingerprint density at radius 3 is 2.51 bits per heavy atom. The minimum Gasteiger partial charge on any atom is -0.497 e. The van der Waals surface area contributed by atoms with Crippen LogP contribution in [0.4, 0.5) is 5.69 Å². The number of non-ortho nitro benzene ring substituents is 1. The summed E-state index contributed by atoms with van der Waals surface area (Å²) in [6.07, 6.45) is 1.61. The van der Waals surface area contributed by atoms with Crippen LogP contribution in [0.2, 0.25) is 0 Å². The molecule has 3 heterocycles. The van der Waals surface area contributed by atoms with E-state index < -0.39 is 22.5 Å². The van der Waals surface area contributed by atoms with E-state index in [4.69, 9.17) is 14.2 Å². The fourth-order valence-corrected chi connectivity index (χ4v) is 4.82. The maximum Gasteiger partial charge on any atom is 0.338 e. The second-order valence-electron chi connectivity index (χ2n) is 9.16. The predicted molar refractivity (Wildman–Crippen MR) is 149 cm³/mol. The van der Waals surface area contributed by atoms with E-state index in [-0.39, 0.29) is 28.8 Å². The average Bonchev–Trinajstić information content (AvgIpc) is 3.56. The Bertz CT molecular complexity index is 1860. The lowest BCUT2D eigenvalue weighted by Crippen LogP contribution is -2.40. The summed E-state index contributed by atoms with van der Waals surface area (Å²) < 4.78 is 17.4. The molecule has 12 heteroatoms. The van der Waals surface area contributed by atoms with E-state index in [1.54, 1.807) is 63.4 Å². The van der Waals surface area contributed by atoms with Crippen LogP contribution in [0.3, 0.4) is 0 Å². The zero-order valence-corrected chi connectivity index (χ0v) is 22.8. The molecular weight excluding hydrogens is 530 g/mol. The number of benzene rings is 2. The Morgan fingerprint density at radius 2 is 1.85 bits per heavy atom. The third-order valence-corrected chi connectivity index (χ3v) is 6.74. The molecule has 0 fully saturated rings. The van der Waals surface area contributed by atoms with Gasteiger partial charge in [0, 0.05) is 29.1 Å². The lowest BCUT2D eigenvalue weighted by molar-refractivity contribution is -0.384. The summed E-state index contributed by atoms with van der Waals surface area (Å²) in [6.45, 7) is 3.58. The Morgan fingerprint density at radius 1 is 1.10 bits per heavy atom. The van der Waals surface area contributed by atoms with Gasteiger partial charge in [-0.3, -0.25) is 19.5 Å². The summed E-state index contributed by atoms with van der Waals surface area (Å²) in [5, 5.41) is 11.5. The Hall–Kier alpha value is -5.39. The van der Waals surface area contributed by atoms with Crippen molar-refractivity contribution in [1.29, 1.82) is 0 Å². The largest absolute Gasteiger partial charge is 0.497 e. The van der Waals surface area contributed by atoms with Crippen LogP contribution in [0.25, 0.3) is 17.3 Å². The molecule has 0 radical (unpaired) electrons. The molecule has 4 aromatic rings. The number of esters is 1. The van der Waals surface area contributed by atoms with Gasteiger partial charge in [-0.1, -0.05) is 12.1 Å².